The maximum Gasteiger partial charge on any atom is 0.134 e. The Hall–Kier alpha value is -0.840. The molecule has 0 unspecified atom stereocenters. The minimum Gasteiger partial charge on any atom is -0.300 e. The SMILES string of the molecule is CCCCCCCCC(=O)C[CH]C#N. The summed E-state index contributed by atoms with van der Waals surface area (Å²) in [6.45, 7) is 2.20. The van der Waals surface area contributed by atoms with E-state index in [2.05, 4.69) is 6.92 Å². The molecule has 0 aliphatic heterocycles. The second-order valence-electron chi connectivity index (χ2n) is 3.59. The molecule has 0 aliphatic carbocycles. The second-order valence-corrected chi connectivity index (χ2v) is 3.59. The fourth-order valence-corrected chi connectivity index (χ4v) is 1.36. The van der Waals surface area contributed by atoms with Gasteiger partial charge < -0.3 is 0 Å². The van der Waals surface area contributed by atoms with Gasteiger partial charge in [0.1, 0.15) is 5.78 Å². The summed E-state index contributed by atoms with van der Waals surface area (Å²) in [5, 5.41) is 8.23. The topological polar surface area (TPSA) is 40.9 Å². The van der Waals surface area contributed by atoms with Crippen LogP contribution in [0.1, 0.15) is 58.3 Å². The van der Waals surface area contributed by atoms with Crippen LogP contribution in [0.5, 0.6) is 0 Å². The molecule has 1 radical (unpaired) electrons. The molecule has 0 saturated carbocycles. The Morgan fingerprint density at radius 3 is 2.50 bits per heavy atom. The van der Waals surface area contributed by atoms with Crippen molar-refractivity contribution in [2.75, 3.05) is 0 Å². The van der Waals surface area contributed by atoms with Crippen LogP contribution in [-0.4, -0.2) is 5.78 Å². The molecule has 0 atom stereocenters. The van der Waals surface area contributed by atoms with E-state index in [0.717, 1.165) is 12.8 Å². The average Bonchev–Trinajstić information content (AvgIpc) is 2.20. The normalized spacial score (nSPS) is 9.71. The average molecular weight is 194 g/mol. The first-order valence-corrected chi connectivity index (χ1v) is 5.54. The lowest BCUT2D eigenvalue weighted by molar-refractivity contribution is -0.118. The first-order chi connectivity index (χ1) is 6.81. The number of carbonyl (C=O) groups excluding carboxylic acids is 1. The zero-order valence-corrected chi connectivity index (χ0v) is 9.09. The van der Waals surface area contributed by atoms with Crippen molar-refractivity contribution in [2.24, 2.45) is 0 Å². The van der Waals surface area contributed by atoms with Crippen molar-refractivity contribution in [1.82, 2.24) is 0 Å². The van der Waals surface area contributed by atoms with E-state index in [1.54, 1.807) is 0 Å². The van der Waals surface area contributed by atoms with Gasteiger partial charge in [-0.1, -0.05) is 39.0 Å². The number of carbonyl (C=O) groups is 1. The highest BCUT2D eigenvalue weighted by molar-refractivity contribution is 5.79. The van der Waals surface area contributed by atoms with Crippen LogP contribution in [0, 0.1) is 17.8 Å². The van der Waals surface area contributed by atoms with E-state index in [-0.39, 0.29) is 5.78 Å². The molecule has 0 saturated heterocycles. The van der Waals surface area contributed by atoms with Crippen LogP contribution in [0.15, 0.2) is 0 Å². The van der Waals surface area contributed by atoms with Crippen LogP contribution in [0.25, 0.3) is 0 Å². The summed E-state index contributed by atoms with van der Waals surface area (Å²) < 4.78 is 0. The molecule has 0 aliphatic rings. The summed E-state index contributed by atoms with van der Waals surface area (Å²) in [5.41, 5.74) is 0. The van der Waals surface area contributed by atoms with Gasteiger partial charge in [-0.3, -0.25) is 4.79 Å². The zero-order valence-electron chi connectivity index (χ0n) is 9.09. The maximum absolute atomic E-state index is 11.1. The molecule has 0 aromatic carbocycles. The molecule has 2 heteroatoms. The van der Waals surface area contributed by atoms with Crippen molar-refractivity contribution in [3.05, 3.63) is 6.42 Å². The molecule has 2 nitrogen and oxygen atoms in total. The molecule has 0 bridgehead atoms. The molecule has 0 amide bonds. The molecule has 0 heterocycles. The van der Waals surface area contributed by atoms with E-state index in [9.17, 15) is 4.79 Å². The molecule has 0 rings (SSSR count). The standard InChI is InChI=1S/C12H20NO/c1-2-3-4-5-6-7-9-12(14)10-8-11-13/h8H,2-7,9-10H2,1H3. The van der Waals surface area contributed by atoms with Gasteiger partial charge in [0.2, 0.25) is 0 Å². The molecule has 0 N–H and O–H groups in total. The minimum atomic E-state index is 0.196. The van der Waals surface area contributed by atoms with Gasteiger partial charge in [-0.15, -0.1) is 0 Å². The Morgan fingerprint density at radius 1 is 1.21 bits per heavy atom. The van der Waals surface area contributed by atoms with Gasteiger partial charge in [-0.05, 0) is 6.42 Å². The van der Waals surface area contributed by atoms with Gasteiger partial charge in [0.15, 0.2) is 0 Å². The van der Waals surface area contributed by atoms with Crippen molar-refractivity contribution in [3.63, 3.8) is 0 Å². The molecule has 0 aromatic rings. The van der Waals surface area contributed by atoms with E-state index >= 15 is 0 Å². The Kier molecular flexibility index (Phi) is 9.63. The van der Waals surface area contributed by atoms with Crippen molar-refractivity contribution in [3.8, 4) is 6.07 Å². The smallest absolute Gasteiger partial charge is 0.134 e. The number of Topliss-reactive ketones (excluding diaryl/α,β-unsaturated/α-hetero) is 1. The summed E-state index contributed by atoms with van der Waals surface area (Å²) in [6, 6.07) is 1.87. The lowest BCUT2D eigenvalue weighted by atomic mass is 10.1. The lowest BCUT2D eigenvalue weighted by Gasteiger charge is -1.99. The van der Waals surface area contributed by atoms with Crippen molar-refractivity contribution >= 4 is 5.78 Å². The second kappa shape index (κ2) is 10.2. The summed E-state index contributed by atoms with van der Waals surface area (Å²) in [5.74, 6) is 0.196. The van der Waals surface area contributed by atoms with Gasteiger partial charge in [0, 0.05) is 12.8 Å². The first-order valence-electron chi connectivity index (χ1n) is 5.54. The number of nitriles is 1. The monoisotopic (exact) mass is 194 g/mol. The molecule has 0 aromatic heterocycles. The number of rotatable bonds is 9. The summed E-state index contributed by atoms with van der Waals surface area (Å²) in [6.07, 6.45) is 9.57. The van der Waals surface area contributed by atoms with Gasteiger partial charge in [0.25, 0.3) is 0 Å². The molecule has 0 fully saturated rings. The Balaban J connectivity index is 3.11. The largest absolute Gasteiger partial charge is 0.300 e. The molecular formula is C12H20NO. The van der Waals surface area contributed by atoms with Crippen LogP contribution in [-0.2, 0) is 4.79 Å². The highest BCUT2D eigenvalue weighted by atomic mass is 16.1. The van der Waals surface area contributed by atoms with Crippen molar-refractivity contribution in [2.45, 2.75) is 58.3 Å². The summed E-state index contributed by atoms with van der Waals surface area (Å²) in [7, 11) is 0. The number of unbranched alkanes of at least 4 members (excludes halogenated alkanes) is 5. The lowest BCUT2D eigenvalue weighted by Crippen LogP contribution is -1.96. The highest BCUT2D eigenvalue weighted by Gasteiger charge is 2.00. The molecular weight excluding hydrogens is 174 g/mol. The third-order valence-corrected chi connectivity index (χ3v) is 2.23. The third-order valence-electron chi connectivity index (χ3n) is 2.23. The van der Waals surface area contributed by atoms with Crippen LogP contribution in [0.2, 0.25) is 0 Å². The van der Waals surface area contributed by atoms with Crippen LogP contribution < -0.4 is 0 Å². The summed E-state index contributed by atoms with van der Waals surface area (Å²) in [4.78, 5) is 11.1. The van der Waals surface area contributed by atoms with Gasteiger partial charge in [0.05, 0.1) is 12.5 Å². The Morgan fingerprint density at radius 2 is 1.86 bits per heavy atom. The van der Waals surface area contributed by atoms with Gasteiger partial charge in [-0.2, -0.15) is 5.26 Å². The Bertz CT molecular complexity index is 181. The van der Waals surface area contributed by atoms with Crippen LogP contribution in [0.4, 0.5) is 0 Å². The van der Waals surface area contributed by atoms with Gasteiger partial charge >= 0.3 is 0 Å². The number of hydrogen-bond donors (Lipinski definition) is 0. The van der Waals surface area contributed by atoms with E-state index in [0.29, 0.717) is 12.8 Å². The minimum absolute atomic E-state index is 0.196. The van der Waals surface area contributed by atoms with Gasteiger partial charge in [-0.25, -0.2) is 0 Å². The van der Waals surface area contributed by atoms with E-state index in [1.807, 2.05) is 6.07 Å². The summed E-state index contributed by atoms with van der Waals surface area (Å²) >= 11 is 0. The number of nitrogens with zero attached hydrogens (tertiary/aromatic N) is 1. The molecule has 79 valence electrons. The predicted octanol–water partition coefficient (Wildman–Crippen LogP) is 3.42. The van der Waals surface area contributed by atoms with Crippen molar-refractivity contribution < 1.29 is 4.79 Å². The first kappa shape index (κ1) is 13.2. The predicted molar refractivity (Wildman–Crippen MR) is 57.5 cm³/mol. The Labute approximate surface area is 87.3 Å². The van der Waals surface area contributed by atoms with Crippen molar-refractivity contribution in [1.29, 1.82) is 5.26 Å². The maximum atomic E-state index is 11.1. The molecule has 14 heavy (non-hydrogen) atoms. The quantitative estimate of drug-likeness (QED) is 0.528. The number of ketones is 1. The zero-order chi connectivity index (χ0) is 10.6. The highest BCUT2D eigenvalue weighted by Crippen LogP contribution is 2.08. The fraction of sp³-hybridized carbons (Fsp3) is 0.750. The third kappa shape index (κ3) is 9.25. The van der Waals surface area contributed by atoms with E-state index in [4.69, 9.17) is 5.26 Å². The fourth-order valence-electron chi connectivity index (χ4n) is 1.36. The number of hydrogen-bond acceptors (Lipinski definition) is 2. The van der Waals surface area contributed by atoms with Crippen LogP contribution in [0.3, 0.4) is 0 Å². The molecule has 0 spiro atoms. The van der Waals surface area contributed by atoms with Crippen LogP contribution >= 0.6 is 0 Å². The van der Waals surface area contributed by atoms with E-state index < -0.39 is 0 Å². The van der Waals surface area contributed by atoms with E-state index in [1.165, 1.54) is 32.1 Å².